The molecule has 0 aromatic rings. The lowest BCUT2D eigenvalue weighted by atomic mass is 10.1. The minimum atomic E-state index is -4.41. The van der Waals surface area contributed by atoms with E-state index in [4.69, 9.17) is 23.3 Å². The van der Waals surface area contributed by atoms with Crippen molar-refractivity contribution in [3.05, 3.63) is 97.2 Å². The smallest absolute Gasteiger partial charge is 0.462 e. The molecule has 1 fully saturated rings. The van der Waals surface area contributed by atoms with Crippen molar-refractivity contribution in [2.75, 3.05) is 47.5 Å². The molecule has 0 saturated carbocycles. The summed E-state index contributed by atoms with van der Waals surface area (Å²) < 4.78 is 40.1. The van der Waals surface area contributed by atoms with E-state index < -0.39 is 32.5 Å². The van der Waals surface area contributed by atoms with Crippen LogP contribution in [0.5, 0.6) is 0 Å². The Bertz CT molecular complexity index is 1420. The van der Waals surface area contributed by atoms with E-state index >= 15 is 0 Å². The van der Waals surface area contributed by atoms with Crippen LogP contribution in [0.3, 0.4) is 0 Å². The van der Waals surface area contributed by atoms with Gasteiger partial charge in [0, 0.05) is 12.8 Å². The van der Waals surface area contributed by atoms with Crippen molar-refractivity contribution in [2.24, 2.45) is 0 Å². The number of esters is 2. The first-order valence-corrected chi connectivity index (χ1v) is 24.6. The van der Waals surface area contributed by atoms with Crippen LogP contribution in [-0.2, 0) is 37.4 Å². The molecule has 1 N–H and O–H groups in total. The fourth-order valence-electron chi connectivity index (χ4n) is 5.78. The summed E-state index contributed by atoms with van der Waals surface area (Å²) >= 11 is 0. The van der Waals surface area contributed by atoms with Crippen LogP contribution in [0.25, 0.3) is 0 Å². The SMILES string of the molecule is CC/C=C\C/C=C\C/C=C\C/C=C\C/C=C\CCCCCC(=O)OC[C@H](COP(=O)(O)OCC[N+](C)(C)C)OC(=O)CCC/C=C\CC1OC1C/C=C\C/C=C\CCCCC. The highest BCUT2D eigenvalue weighted by Gasteiger charge is 2.36. The Labute approximate surface area is 370 Å². The van der Waals surface area contributed by atoms with Crippen LogP contribution in [0.2, 0.25) is 0 Å². The Morgan fingerprint density at radius 3 is 1.67 bits per heavy atom. The van der Waals surface area contributed by atoms with Gasteiger partial charge in [0.2, 0.25) is 0 Å². The molecule has 0 spiro atoms. The van der Waals surface area contributed by atoms with E-state index in [1.807, 2.05) is 27.2 Å². The molecule has 10 nitrogen and oxygen atoms in total. The summed E-state index contributed by atoms with van der Waals surface area (Å²) in [5.74, 6) is -0.921. The molecule has 1 aliphatic rings. The fourth-order valence-corrected chi connectivity index (χ4v) is 6.52. The van der Waals surface area contributed by atoms with E-state index in [2.05, 4.69) is 105 Å². The molecule has 0 bridgehead atoms. The number of epoxide rings is 1. The van der Waals surface area contributed by atoms with Gasteiger partial charge in [-0.2, -0.15) is 0 Å². The summed E-state index contributed by atoms with van der Waals surface area (Å²) in [5.41, 5.74) is 0. The number of unbranched alkanes of at least 4 members (excludes halogenated alkanes) is 7. The highest BCUT2D eigenvalue weighted by atomic mass is 31.2. The quantitative estimate of drug-likeness (QED) is 0.0161. The van der Waals surface area contributed by atoms with Gasteiger partial charge in [-0.15, -0.1) is 0 Å². The second-order valence-corrected chi connectivity index (χ2v) is 17.9. The van der Waals surface area contributed by atoms with E-state index in [0.29, 0.717) is 30.3 Å². The van der Waals surface area contributed by atoms with Crippen molar-refractivity contribution in [3.63, 3.8) is 0 Å². The minimum Gasteiger partial charge on any atom is -0.462 e. The summed E-state index contributed by atoms with van der Waals surface area (Å²) in [4.78, 5) is 35.5. The van der Waals surface area contributed by atoms with Gasteiger partial charge in [-0.05, 0) is 96.3 Å². The third-order valence-electron chi connectivity index (χ3n) is 9.50. The molecule has 0 amide bonds. The van der Waals surface area contributed by atoms with E-state index in [1.165, 1.54) is 19.3 Å². The first kappa shape index (κ1) is 55.9. The Balaban J connectivity index is 2.35. The summed E-state index contributed by atoms with van der Waals surface area (Å²) in [6.45, 7) is 4.13. The number of allylic oxidation sites excluding steroid dienone is 14. The average Bonchev–Trinajstić information content (AvgIpc) is 3.97. The van der Waals surface area contributed by atoms with E-state index in [0.717, 1.165) is 77.0 Å². The molecular formula is C50H83NO9P+. The second-order valence-electron chi connectivity index (χ2n) is 16.4. The largest absolute Gasteiger partial charge is 0.472 e. The van der Waals surface area contributed by atoms with Crippen molar-refractivity contribution in [1.29, 1.82) is 0 Å². The Hall–Kier alpha value is -3.11. The maximum Gasteiger partial charge on any atom is 0.472 e. The highest BCUT2D eigenvalue weighted by Crippen LogP contribution is 2.43. The monoisotopic (exact) mass is 873 g/mol. The van der Waals surface area contributed by atoms with Crippen LogP contribution in [0, 0.1) is 0 Å². The number of carbonyl (C=O) groups is 2. The van der Waals surface area contributed by atoms with Gasteiger partial charge in [-0.25, -0.2) is 4.57 Å². The molecular weight excluding hydrogens is 790 g/mol. The third-order valence-corrected chi connectivity index (χ3v) is 10.5. The number of rotatable bonds is 39. The minimum absolute atomic E-state index is 0.00696. The summed E-state index contributed by atoms with van der Waals surface area (Å²) in [6, 6.07) is 0. The van der Waals surface area contributed by atoms with Gasteiger partial charge in [0.1, 0.15) is 19.8 Å². The molecule has 1 rings (SSSR count). The van der Waals surface area contributed by atoms with Crippen LogP contribution in [0.4, 0.5) is 0 Å². The van der Waals surface area contributed by atoms with Crippen LogP contribution in [0.15, 0.2) is 97.2 Å². The Morgan fingerprint density at radius 1 is 0.607 bits per heavy atom. The third kappa shape index (κ3) is 38.3. The summed E-state index contributed by atoms with van der Waals surface area (Å²) in [7, 11) is 1.39. The molecule has 11 heteroatoms. The van der Waals surface area contributed by atoms with E-state index in [-0.39, 0.29) is 38.3 Å². The van der Waals surface area contributed by atoms with E-state index in [9.17, 15) is 19.0 Å². The van der Waals surface area contributed by atoms with Crippen LogP contribution >= 0.6 is 7.82 Å². The number of hydrogen-bond donors (Lipinski definition) is 1. The molecule has 1 saturated heterocycles. The van der Waals surface area contributed by atoms with Gasteiger partial charge in [-0.1, -0.05) is 130 Å². The fraction of sp³-hybridized carbons (Fsp3) is 0.640. The molecule has 1 heterocycles. The molecule has 346 valence electrons. The van der Waals surface area contributed by atoms with Gasteiger partial charge in [0.05, 0.1) is 40.0 Å². The van der Waals surface area contributed by atoms with Crippen molar-refractivity contribution in [2.45, 2.75) is 161 Å². The standard InChI is InChI=1S/C50H82NO9P/c1-6-8-10-12-14-16-17-18-19-20-21-22-23-24-25-27-29-31-36-40-49(52)56-44-46(45-58-61(54,55)57-43-42-51(3,4)5)59-50(53)41-37-33-32-35-39-48-47(60-48)38-34-30-28-26-15-13-11-9-7-2/h8,10,14-16,18-19,21-22,24-26,30,32,34-35,46-48H,6-7,9,11-13,17,20,23,27-29,31,33,36-45H2,1-5H3/p+1/b10-8-,16-14-,19-18-,22-21-,25-24-,26-15-,34-30-,35-32-/t46-,47?,48?/m1/s1. The highest BCUT2D eigenvalue weighted by molar-refractivity contribution is 7.47. The van der Waals surface area contributed by atoms with Gasteiger partial charge in [0.25, 0.3) is 0 Å². The lowest BCUT2D eigenvalue weighted by Gasteiger charge is -2.24. The van der Waals surface area contributed by atoms with Crippen LogP contribution < -0.4 is 0 Å². The number of likely N-dealkylation sites (N-methyl/N-ethyl adjacent to an activating group) is 1. The molecule has 0 aromatic heterocycles. The van der Waals surface area contributed by atoms with Crippen LogP contribution in [0.1, 0.15) is 142 Å². The molecule has 61 heavy (non-hydrogen) atoms. The number of phosphoric acid groups is 1. The number of quaternary nitrogens is 1. The molecule has 0 aliphatic carbocycles. The normalized spacial score (nSPS) is 17.7. The Kier molecular flexibility index (Phi) is 34.3. The van der Waals surface area contributed by atoms with Crippen molar-refractivity contribution >= 4 is 19.8 Å². The predicted octanol–water partition coefficient (Wildman–Crippen LogP) is 12.3. The number of ether oxygens (including phenoxy) is 3. The summed E-state index contributed by atoms with van der Waals surface area (Å²) in [5, 5.41) is 0. The van der Waals surface area contributed by atoms with Crippen molar-refractivity contribution in [3.8, 4) is 0 Å². The van der Waals surface area contributed by atoms with Gasteiger partial charge in [-0.3, -0.25) is 18.6 Å². The topological polar surface area (TPSA) is 121 Å². The maximum atomic E-state index is 12.7. The average molecular weight is 873 g/mol. The molecule has 0 aromatic carbocycles. The first-order chi connectivity index (χ1) is 29.5. The van der Waals surface area contributed by atoms with Crippen molar-refractivity contribution in [1.82, 2.24) is 0 Å². The number of nitrogens with zero attached hydrogens (tertiary/aromatic N) is 1. The molecule has 4 atom stereocenters. The van der Waals surface area contributed by atoms with E-state index in [1.54, 1.807) is 0 Å². The maximum absolute atomic E-state index is 12.7. The Morgan fingerprint density at radius 2 is 1.10 bits per heavy atom. The lowest BCUT2D eigenvalue weighted by Crippen LogP contribution is -2.37. The number of carbonyl (C=O) groups excluding carboxylic acids is 2. The first-order valence-electron chi connectivity index (χ1n) is 23.1. The molecule has 0 radical (unpaired) electrons. The lowest BCUT2D eigenvalue weighted by molar-refractivity contribution is -0.870. The van der Waals surface area contributed by atoms with Crippen molar-refractivity contribution < 1.29 is 46.8 Å². The van der Waals surface area contributed by atoms with Crippen LogP contribution in [-0.4, -0.2) is 87.1 Å². The zero-order chi connectivity index (χ0) is 44.7. The zero-order valence-corrected chi connectivity index (χ0v) is 39.4. The second kappa shape index (κ2) is 37.4. The molecule has 3 unspecified atom stereocenters. The number of hydrogen-bond acceptors (Lipinski definition) is 8. The number of phosphoric ester groups is 1. The summed E-state index contributed by atoms with van der Waals surface area (Å²) in [6.07, 6.45) is 52.0. The predicted molar refractivity (Wildman–Crippen MR) is 251 cm³/mol. The zero-order valence-electron chi connectivity index (χ0n) is 38.5. The van der Waals surface area contributed by atoms with Gasteiger partial charge < -0.3 is 23.6 Å². The van der Waals surface area contributed by atoms with Gasteiger partial charge >= 0.3 is 19.8 Å². The molecule has 1 aliphatic heterocycles. The van der Waals surface area contributed by atoms with Gasteiger partial charge in [0.15, 0.2) is 6.10 Å².